The van der Waals surface area contributed by atoms with Crippen LogP contribution in [-0.2, 0) is 6.54 Å². The van der Waals surface area contributed by atoms with Crippen LogP contribution in [0.3, 0.4) is 0 Å². The number of fused-ring (bicyclic) bond motifs is 3. The third kappa shape index (κ3) is 9.30. The predicted molar refractivity (Wildman–Crippen MR) is 242 cm³/mol. The molecule has 0 N–H and O–H groups in total. The summed E-state index contributed by atoms with van der Waals surface area (Å²) in [6.07, 6.45) is 24.5. The standard InChI is InChI=1S/C37H43N2S.3C4H9.Sn/c1-3-5-7-9-10-12-17-27(16-11-8-6-4-2)26-39-36-31-21-14-19-29-24-23-28-18-13-20-30(33(28)34(29)31)35(36)38-37(39)32-22-15-25-40-32;3*1-3-4-2;/h13-15,18-24,27H,3-12,16-17,26H2,1-2H3;3*1,3-4H2,2H3;. The summed E-state index contributed by atoms with van der Waals surface area (Å²) in [7, 11) is 0. The van der Waals surface area contributed by atoms with E-state index in [1.165, 1.54) is 183 Å². The molecule has 0 saturated carbocycles. The number of benzene rings is 4. The molecule has 2 nitrogen and oxygen atoms in total. The van der Waals surface area contributed by atoms with Gasteiger partial charge in [0.25, 0.3) is 0 Å². The first-order valence-electron chi connectivity index (χ1n) is 22.2. The van der Waals surface area contributed by atoms with Crippen molar-refractivity contribution >= 4 is 76.0 Å². The van der Waals surface area contributed by atoms with E-state index in [2.05, 4.69) is 111 Å². The van der Waals surface area contributed by atoms with Gasteiger partial charge in [-0.25, -0.2) is 0 Å². The topological polar surface area (TPSA) is 17.8 Å². The molecule has 0 aliphatic rings. The minimum absolute atomic E-state index is 0.679. The van der Waals surface area contributed by atoms with E-state index in [0.29, 0.717) is 5.92 Å². The van der Waals surface area contributed by atoms with Crippen LogP contribution >= 0.6 is 11.3 Å². The zero-order valence-corrected chi connectivity index (χ0v) is 37.9. The SMILES string of the molecule is CCCCCCCCC(CCCCCC)Cn1c(-c2cc[c]([Sn]([CH2]CCC)([CH2]CCC)[CH2]CCC)s2)nc2c3cccc4ccc5cccc(c5c43)c21. The number of hydrogen-bond donors (Lipinski definition) is 0. The molecule has 1 unspecified atom stereocenters. The van der Waals surface area contributed by atoms with E-state index >= 15 is 0 Å². The Kier molecular flexibility index (Phi) is 15.4. The van der Waals surface area contributed by atoms with Gasteiger partial charge in [-0.2, -0.15) is 0 Å². The summed E-state index contributed by atoms with van der Waals surface area (Å²) in [5.41, 5.74) is 2.60. The van der Waals surface area contributed by atoms with E-state index in [1.807, 2.05) is 2.89 Å². The van der Waals surface area contributed by atoms with E-state index in [1.54, 1.807) is 0 Å². The number of imidazole rings is 1. The summed E-state index contributed by atoms with van der Waals surface area (Å²) in [5.74, 6) is 1.93. The molecule has 1 atom stereocenters. The van der Waals surface area contributed by atoms with Crippen molar-refractivity contribution in [1.29, 1.82) is 0 Å². The molecule has 2 aromatic heterocycles. The maximum atomic E-state index is 5.80. The molecule has 6 rings (SSSR count). The average Bonchev–Trinajstić information content (AvgIpc) is 3.83. The number of nitrogens with zero attached hydrogens (tertiary/aromatic N) is 2. The maximum absolute atomic E-state index is 5.80. The Balaban J connectivity index is 1.50. The number of aromatic nitrogens is 2. The molecular weight excluding hydrogens is 767 g/mol. The van der Waals surface area contributed by atoms with Crippen molar-refractivity contribution in [1.82, 2.24) is 9.55 Å². The van der Waals surface area contributed by atoms with Crippen LogP contribution < -0.4 is 2.89 Å². The molecule has 286 valence electrons. The Morgan fingerprint density at radius 2 is 1.09 bits per heavy atom. The molecule has 0 aliphatic carbocycles. The van der Waals surface area contributed by atoms with Crippen LogP contribution in [0.4, 0.5) is 0 Å². The van der Waals surface area contributed by atoms with Crippen molar-refractivity contribution in [3.05, 3.63) is 60.7 Å². The monoisotopic (exact) mass is 838 g/mol. The average molecular weight is 838 g/mol. The van der Waals surface area contributed by atoms with Crippen molar-refractivity contribution in [2.24, 2.45) is 5.92 Å². The van der Waals surface area contributed by atoms with Crippen molar-refractivity contribution in [3.8, 4) is 10.7 Å². The molecule has 0 fully saturated rings. The third-order valence-corrected chi connectivity index (χ3v) is 32.0. The summed E-state index contributed by atoms with van der Waals surface area (Å²) in [5, 5.41) is 8.23. The summed E-state index contributed by atoms with van der Waals surface area (Å²) < 4.78 is 9.15. The van der Waals surface area contributed by atoms with E-state index < -0.39 is 18.4 Å². The first kappa shape index (κ1) is 40.5. The quantitative estimate of drug-likeness (QED) is 0.0319. The molecule has 0 saturated heterocycles. The van der Waals surface area contributed by atoms with E-state index in [0.717, 1.165) is 6.54 Å². The van der Waals surface area contributed by atoms with Gasteiger partial charge in [0.05, 0.1) is 0 Å². The van der Waals surface area contributed by atoms with Crippen LogP contribution in [0.5, 0.6) is 0 Å². The van der Waals surface area contributed by atoms with Gasteiger partial charge >= 0.3 is 306 Å². The predicted octanol–water partition coefficient (Wildman–Crippen LogP) is 16.1. The molecule has 4 heteroatoms. The minimum atomic E-state index is -2.59. The van der Waals surface area contributed by atoms with E-state index in [-0.39, 0.29) is 0 Å². The van der Waals surface area contributed by atoms with Gasteiger partial charge in [-0.1, -0.05) is 26.7 Å². The van der Waals surface area contributed by atoms with Gasteiger partial charge in [-0.05, 0) is 0 Å². The fourth-order valence-corrected chi connectivity index (χ4v) is 29.7. The van der Waals surface area contributed by atoms with Crippen molar-refractivity contribution in [3.63, 3.8) is 0 Å². The molecule has 6 aromatic rings. The van der Waals surface area contributed by atoms with Crippen LogP contribution in [0.25, 0.3) is 54.1 Å². The Morgan fingerprint density at radius 1 is 0.566 bits per heavy atom. The molecule has 0 spiro atoms. The second-order valence-electron chi connectivity index (χ2n) is 16.6. The van der Waals surface area contributed by atoms with Crippen LogP contribution in [0.2, 0.25) is 13.3 Å². The molecule has 0 amide bonds. The van der Waals surface area contributed by atoms with E-state index in [9.17, 15) is 0 Å². The fourth-order valence-electron chi connectivity index (χ4n) is 9.52. The molecular formula is C49H70N2SSn. The first-order chi connectivity index (χ1) is 26.1. The van der Waals surface area contributed by atoms with Crippen LogP contribution in [0.1, 0.15) is 150 Å². The Bertz CT molecular complexity index is 1960. The number of hydrogen-bond acceptors (Lipinski definition) is 2. The first-order valence-corrected chi connectivity index (χ1v) is 30.5. The Morgan fingerprint density at radius 3 is 1.70 bits per heavy atom. The van der Waals surface area contributed by atoms with Gasteiger partial charge in [0.1, 0.15) is 0 Å². The van der Waals surface area contributed by atoms with Gasteiger partial charge < -0.3 is 0 Å². The van der Waals surface area contributed by atoms with Gasteiger partial charge in [0.2, 0.25) is 0 Å². The third-order valence-electron chi connectivity index (χ3n) is 12.6. The van der Waals surface area contributed by atoms with Gasteiger partial charge in [0, 0.05) is 0 Å². The van der Waals surface area contributed by atoms with Crippen LogP contribution in [0.15, 0.2) is 60.7 Å². The van der Waals surface area contributed by atoms with Gasteiger partial charge in [-0.15, -0.1) is 0 Å². The molecule has 0 bridgehead atoms. The molecule has 0 aliphatic heterocycles. The number of thiophene rings is 1. The molecule has 2 heterocycles. The number of unbranched alkanes of at least 4 members (excludes halogenated alkanes) is 11. The van der Waals surface area contributed by atoms with Crippen molar-refractivity contribution < 1.29 is 0 Å². The summed E-state index contributed by atoms with van der Waals surface area (Å²) in [6.45, 7) is 13.0. The Hall–Kier alpha value is -2.11. The zero-order chi connectivity index (χ0) is 37.0. The van der Waals surface area contributed by atoms with Crippen LogP contribution in [-0.4, -0.2) is 27.9 Å². The van der Waals surface area contributed by atoms with Gasteiger partial charge in [0.15, 0.2) is 0 Å². The van der Waals surface area contributed by atoms with Gasteiger partial charge in [-0.3, -0.25) is 0 Å². The Labute approximate surface area is 330 Å². The molecule has 53 heavy (non-hydrogen) atoms. The van der Waals surface area contributed by atoms with Crippen molar-refractivity contribution in [2.75, 3.05) is 0 Å². The van der Waals surface area contributed by atoms with E-state index in [4.69, 9.17) is 4.98 Å². The summed E-state index contributed by atoms with van der Waals surface area (Å²) in [6, 6.07) is 23.7. The normalized spacial score (nSPS) is 13.1. The number of rotatable bonds is 25. The van der Waals surface area contributed by atoms with Crippen LogP contribution in [0, 0.1) is 5.92 Å². The summed E-state index contributed by atoms with van der Waals surface area (Å²) >= 11 is -0.404. The second kappa shape index (κ2) is 20.2. The molecule has 4 aromatic carbocycles. The second-order valence-corrected chi connectivity index (χ2v) is 31.9. The molecule has 0 radical (unpaired) electrons. The fraction of sp³-hybridized carbons (Fsp3) is 0.571. The van der Waals surface area contributed by atoms with Crippen molar-refractivity contribution in [2.45, 2.75) is 170 Å². The summed E-state index contributed by atoms with van der Waals surface area (Å²) in [4.78, 5) is 7.23. The zero-order valence-electron chi connectivity index (χ0n) is 34.2.